The predicted molar refractivity (Wildman–Crippen MR) is 60.9 cm³/mol. The minimum absolute atomic E-state index is 0.115. The van der Waals surface area contributed by atoms with Crippen LogP contribution in [-0.2, 0) is 17.5 Å². The molecular formula is C11H8F3N3O3. The lowest BCUT2D eigenvalue weighted by atomic mass is 10.2. The van der Waals surface area contributed by atoms with Gasteiger partial charge >= 0.3 is 12.1 Å². The first-order valence-corrected chi connectivity index (χ1v) is 5.30. The summed E-state index contributed by atoms with van der Waals surface area (Å²) in [5.41, 5.74) is 4.08. The second-order valence-electron chi connectivity index (χ2n) is 3.96. The Kier molecular flexibility index (Phi) is 3.12. The lowest BCUT2D eigenvalue weighted by molar-refractivity contribution is -0.147. The molecular weight excluding hydrogens is 279 g/mol. The number of nitrogens with zero attached hydrogens (tertiary/aromatic N) is 2. The molecule has 0 radical (unpaired) electrons. The van der Waals surface area contributed by atoms with E-state index in [-0.39, 0.29) is 16.6 Å². The molecule has 0 aliphatic rings. The summed E-state index contributed by atoms with van der Waals surface area (Å²) in [6.45, 7) is -0.742. The van der Waals surface area contributed by atoms with E-state index >= 15 is 0 Å². The van der Waals surface area contributed by atoms with E-state index in [0.29, 0.717) is 4.57 Å². The van der Waals surface area contributed by atoms with E-state index in [4.69, 9.17) is 10.8 Å². The van der Waals surface area contributed by atoms with Gasteiger partial charge in [0.2, 0.25) is 11.7 Å². The second-order valence-corrected chi connectivity index (χ2v) is 3.96. The van der Waals surface area contributed by atoms with Crippen molar-refractivity contribution in [1.82, 2.24) is 9.55 Å². The number of carboxylic acids is 1. The molecule has 3 N–H and O–H groups in total. The standard InChI is InChI=1S/C11H8F3N3O3/c12-11(13,14)10-16-8-5(9(19)20)2-1-3-6(8)17(10)4-7(15)18/h1-3H,4H2,(H2,15,18)(H,19,20). The summed E-state index contributed by atoms with van der Waals surface area (Å²) >= 11 is 0. The Bertz CT molecular complexity index is 706. The molecule has 1 aromatic heterocycles. The third-order valence-electron chi connectivity index (χ3n) is 2.58. The monoisotopic (exact) mass is 287 g/mol. The molecule has 6 nitrogen and oxygen atoms in total. The zero-order valence-electron chi connectivity index (χ0n) is 9.81. The van der Waals surface area contributed by atoms with Crippen molar-refractivity contribution in [1.29, 1.82) is 0 Å². The fourth-order valence-corrected chi connectivity index (χ4v) is 1.85. The molecule has 0 aliphatic heterocycles. The number of halogens is 3. The Morgan fingerprint density at radius 3 is 2.50 bits per heavy atom. The number of fused-ring (bicyclic) bond motifs is 1. The number of alkyl halides is 3. The highest BCUT2D eigenvalue weighted by atomic mass is 19.4. The number of primary amides is 1. The molecule has 0 unspecified atom stereocenters. The molecule has 0 aliphatic carbocycles. The number of carbonyl (C=O) groups excluding carboxylic acids is 1. The zero-order valence-corrected chi connectivity index (χ0v) is 9.81. The van der Waals surface area contributed by atoms with E-state index < -0.39 is 30.4 Å². The smallest absolute Gasteiger partial charge is 0.449 e. The van der Waals surface area contributed by atoms with Crippen LogP contribution in [0.3, 0.4) is 0 Å². The van der Waals surface area contributed by atoms with Gasteiger partial charge in [0.25, 0.3) is 0 Å². The van der Waals surface area contributed by atoms with Crippen molar-refractivity contribution < 1.29 is 27.9 Å². The summed E-state index contributed by atoms with van der Waals surface area (Å²) in [6.07, 6.45) is -4.83. The Morgan fingerprint density at radius 1 is 1.35 bits per heavy atom. The first kappa shape index (κ1) is 13.8. The number of hydrogen-bond donors (Lipinski definition) is 2. The Labute approximate surface area is 109 Å². The van der Waals surface area contributed by atoms with E-state index in [9.17, 15) is 22.8 Å². The van der Waals surface area contributed by atoms with Gasteiger partial charge in [0.1, 0.15) is 12.1 Å². The topological polar surface area (TPSA) is 98.2 Å². The molecule has 20 heavy (non-hydrogen) atoms. The second kappa shape index (κ2) is 4.51. The Hall–Kier alpha value is -2.58. The van der Waals surface area contributed by atoms with Crippen molar-refractivity contribution in [2.45, 2.75) is 12.7 Å². The quantitative estimate of drug-likeness (QED) is 0.887. The van der Waals surface area contributed by atoms with E-state index in [1.165, 1.54) is 12.1 Å². The number of rotatable bonds is 3. The van der Waals surface area contributed by atoms with Gasteiger partial charge in [0.05, 0.1) is 11.1 Å². The first-order chi connectivity index (χ1) is 9.21. The highest BCUT2D eigenvalue weighted by Crippen LogP contribution is 2.32. The molecule has 9 heteroatoms. The molecule has 0 bridgehead atoms. The lowest BCUT2D eigenvalue weighted by Gasteiger charge is -2.09. The van der Waals surface area contributed by atoms with Gasteiger partial charge < -0.3 is 15.4 Å². The number of amides is 1. The maximum Gasteiger partial charge on any atom is 0.449 e. The number of aromatic nitrogens is 2. The van der Waals surface area contributed by atoms with E-state index in [0.717, 1.165) is 6.07 Å². The molecule has 0 fully saturated rings. The molecule has 1 aromatic carbocycles. The fraction of sp³-hybridized carbons (Fsp3) is 0.182. The van der Waals surface area contributed by atoms with Gasteiger partial charge in [-0.25, -0.2) is 9.78 Å². The van der Waals surface area contributed by atoms with Crippen LogP contribution in [0, 0.1) is 0 Å². The lowest BCUT2D eigenvalue weighted by Crippen LogP contribution is -2.23. The van der Waals surface area contributed by atoms with Gasteiger partial charge in [-0.2, -0.15) is 13.2 Å². The summed E-state index contributed by atoms with van der Waals surface area (Å²) in [5, 5.41) is 8.95. The minimum Gasteiger partial charge on any atom is -0.478 e. The molecule has 0 saturated heterocycles. The fourth-order valence-electron chi connectivity index (χ4n) is 1.85. The number of carbonyl (C=O) groups is 2. The summed E-state index contributed by atoms with van der Waals surface area (Å²) in [7, 11) is 0. The number of aromatic carboxylic acids is 1. The van der Waals surface area contributed by atoms with E-state index in [1.54, 1.807) is 0 Å². The van der Waals surface area contributed by atoms with Crippen LogP contribution < -0.4 is 5.73 Å². The largest absolute Gasteiger partial charge is 0.478 e. The van der Waals surface area contributed by atoms with Crippen molar-refractivity contribution in [2.75, 3.05) is 0 Å². The van der Waals surface area contributed by atoms with Gasteiger partial charge in [-0.05, 0) is 12.1 Å². The summed E-state index contributed by atoms with van der Waals surface area (Å²) in [4.78, 5) is 25.2. The zero-order chi connectivity index (χ0) is 15.1. The van der Waals surface area contributed by atoms with Crippen LogP contribution in [0.5, 0.6) is 0 Å². The number of nitrogens with two attached hydrogens (primary N) is 1. The normalized spacial score (nSPS) is 11.8. The highest BCUT2D eigenvalue weighted by Gasteiger charge is 2.38. The third-order valence-corrected chi connectivity index (χ3v) is 2.58. The number of hydrogen-bond acceptors (Lipinski definition) is 3. The van der Waals surface area contributed by atoms with Gasteiger partial charge in [-0.15, -0.1) is 0 Å². The van der Waals surface area contributed by atoms with Gasteiger partial charge in [0, 0.05) is 0 Å². The summed E-state index contributed by atoms with van der Waals surface area (Å²) in [5.74, 6) is -3.76. The highest BCUT2D eigenvalue weighted by molar-refractivity contribution is 6.01. The van der Waals surface area contributed by atoms with E-state index in [1.807, 2.05) is 0 Å². The van der Waals surface area contributed by atoms with Crippen LogP contribution >= 0.6 is 0 Å². The SMILES string of the molecule is NC(=O)Cn1c(C(F)(F)F)nc2c(C(=O)O)cccc21. The molecule has 2 aromatic rings. The number of benzene rings is 1. The van der Waals surface area contributed by atoms with Crippen molar-refractivity contribution in [2.24, 2.45) is 5.73 Å². The molecule has 0 spiro atoms. The maximum atomic E-state index is 12.9. The van der Waals surface area contributed by atoms with Crippen LogP contribution in [0.1, 0.15) is 16.2 Å². The predicted octanol–water partition coefficient (Wildman–Crippen LogP) is 1.24. The number of imidazole rings is 1. The van der Waals surface area contributed by atoms with E-state index in [2.05, 4.69) is 4.98 Å². The summed E-state index contributed by atoms with van der Waals surface area (Å²) < 4.78 is 39.2. The van der Waals surface area contributed by atoms with Crippen molar-refractivity contribution in [3.63, 3.8) is 0 Å². The van der Waals surface area contributed by atoms with Crippen LogP contribution in [0.2, 0.25) is 0 Å². The average molecular weight is 287 g/mol. The molecule has 106 valence electrons. The molecule has 1 amide bonds. The molecule has 0 saturated carbocycles. The van der Waals surface area contributed by atoms with Gasteiger partial charge in [-0.1, -0.05) is 6.07 Å². The van der Waals surface area contributed by atoms with Crippen molar-refractivity contribution >= 4 is 22.9 Å². The maximum absolute atomic E-state index is 12.9. The van der Waals surface area contributed by atoms with Crippen LogP contribution in [0.15, 0.2) is 18.2 Å². The molecule has 1 heterocycles. The Balaban J connectivity index is 2.82. The van der Waals surface area contributed by atoms with Crippen molar-refractivity contribution in [3.05, 3.63) is 29.6 Å². The van der Waals surface area contributed by atoms with Crippen LogP contribution in [0.25, 0.3) is 11.0 Å². The average Bonchev–Trinajstić information content (AvgIpc) is 2.67. The number of para-hydroxylation sites is 1. The Morgan fingerprint density at radius 2 is 2.00 bits per heavy atom. The van der Waals surface area contributed by atoms with Crippen LogP contribution in [-0.4, -0.2) is 26.5 Å². The van der Waals surface area contributed by atoms with Crippen molar-refractivity contribution in [3.8, 4) is 0 Å². The first-order valence-electron chi connectivity index (χ1n) is 5.30. The molecule has 2 rings (SSSR count). The van der Waals surface area contributed by atoms with Gasteiger partial charge in [-0.3, -0.25) is 4.79 Å². The molecule has 0 atom stereocenters. The van der Waals surface area contributed by atoms with Crippen LogP contribution in [0.4, 0.5) is 13.2 Å². The van der Waals surface area contributed by atoms with Gasteiger partial charge in [0.15, 0.2) is 0 Å². The minimum atomic E-state index is -4.83. The summed E-state index contributed by atoms with van der Waals surface area (Å²) in [6, 6.07) is 3.64. The third kappa shape index (κ3) is 2.29. The number of carboxylic acid groups (broad SMARTS) is 1.